The van der Waals surface area contributed by atoms with Gasteiger partial charge in [-0.1, -0.05) is 35.9 Å². The molecular formula is C22H18ClFN2O2S2. The number of thiophene rings is 1. The van der Waals surface area contributed by atoms with E-state index in [2.05, 4.69) is 10.6 Å². The van der Waals surface area contributed by atoms with Gasteiger partial charge in [-0.3, -0.25) is 9.59 Å². The lowest BCUT2D eigenvalue weighted by Gasteiger charge is -2.26. The molecule has 3 aromatic rings. The Morgan fingerprint density at radius 3 is 2.73 bits per heavy atom. The van der Waals surface area contributed by atoms with Crippen molar-refractivity contribution in [3.8, 4) is 0 Å². The van der Waals surface area contributed by atoms with Crippen LogP contribution in [0.1, 0.15) is 43.6 Å². The van der Waals surface area contributed by atoms with Crippen LogP contribution in [0, 0.1) is 12.7 Å². The molecule has 0 spiro atoms. The normalized spacial score (nSPS) is 15.4. The zero-order chi connectivity index (χ0) is 21.3. The van der Waals surface area contributed by atoms with Crippen LogP contribution in [0.4, 0.5) is 9.39 Å². The van der Waals surface area contributed by atoms with Crippen molar-refractivity contribution in [2.45, 2.75) is 24.3 Å². The van der Waals surface area contributed by atoms with Gasteiger partial charge in [0.15, 0.2) is 0 Å². The summed E-state index contributed by atoms with van der Waals surface area (Å²) in [6.07, 6.45) is 0.730. The Morgan fingerprint density at radius 2 is 1.93 bits per heavy atom. The number of hydrogen-bond acceptors (Lipinski definition) is 4. The highest BCUT2D eigenvalue weighted by molar-refractivity contribution is 7.99. The van der Waals surface area contributed by atoms with Crippen molar-refractivity contribution in [3.05, 3.63) is 80.9 Å². The van der Waals surface area contributed by atoms with Gasteiger partial charge in [0.05, 0.1) is 26.5 Å². The monoisotopic (exact) mass is 460 g/mol. The molecule has 1 atom stereocenters. The minimum Gasteiger partial charge on any atom is -0.344 e. The Hall–Kier alpha value is -2.35. The largest absolute Gasteiger partial charge is 0.344 e. The van der Waals surface area contributed by atoms with E-state index in [0.29, 0.717) is 25.4 Å². The number of carbonyl (C=O) groups is 2. The topological polar surface area (TPSA) is 58.2 Å². The fourth-order valence-corrected chi connectivity index (χ4v) is 5.69. The molecule has 2 heterocycles. The van der Waals surface area contributed by atoms with Crippen molar-refractivity contribution in [1.82, 2.24) is 5.32 Å². The molecular weight excluding hydrogens is 443 g/mol. The zero-order valence-corrected chi connectivity index (χ0v) is 18.4. The van der Waals surface area contributed by atoms with E-state index < -0.39 is 0 Å². The summed E-state index contributed by atoms with van der Waals surface area (Å²) in [5.41, 5.74) is 1.94. The van der Waals surface area contributed by atoms with E-state index in [0.717, 1.165) is 23.3 Å². The van der Waals surface area contributed by atoms with Gasteiger partial charge in [0.25, 0.3) is 11.8 Å². The zero-order valence-electron chi connectivity index (χ0n) is 16.0. The third kappa shape index (κ3) is 4.24. The summed E-state index contributed by atoms with van der Waals surface area (Å²) < 4.78 is 14.1. The SMILES string of the molecule is Cc1cc(NC(=O)c2ccccc2Cl)sc1C(=O)NC1CCSc2c(F)cccc21. The van der Waals surface area contributed by atoms with Gasteiger partial charge in [-0.05, 0) is 48.7 Å². The van der Waals surface area contributed by atoms with Crippen molar-refractivity contribution >= 4 is 51.5 Å². The van der Waals surface area contributed by atoms with E-state index >= 15 is 0 Å². The number of anilines is 1. The molecule has 1 aromatic heterocycles. The van der Waals surface area contributed by atoms with Gasteiger partial charge in [-0.2, -0.15) is 0 Å². The fraction of sp³-hybridized carbons (Fsp3) is 0.182. The third-order valence-corrected chi connectivity index (χ3v) is 7.45. The Balaban J connectivity index is 1.50. The van der Waals surface area contributed by atoms with Gasteiger partial charge in [-0.15, -0.1) is 23.1 Å². The molecule has 0 saturated heterocycles. The van der Waals surface area contributed by atoms with Gasteiger partial charge in [-0.25, -0.2) is 4.39 Å². The van der Waals surface area contributed by atoms with Gasteiger partial charge >= 0.3 is 0 Å². The van der Waals surface area contributed by atoms with Gasteiger partial charge < -0.3 is 10.6 Å². The standard InChI is InChI=1S/C22H18ClFN2O2S2/c1-12-11-18(26-21(27)13-5-2-3-7-15(13)23)30-19(12)22(28)25-17-9-10-29-20-14(17)6-4-8-16(20)24/h2-8,11,17H,9-10H2,1H3,(H,25,28)(H,26,27). The molecule has 0 fully saturated rings. The van der Waals surface area contributed by atoms with Crippen LogP contribution in [0.25, 0.3) is 0 Å². The van der Waals surface area contributed by atoms with E-state index in [-0.39, 0.29) is 23.7 Å². The van der Waals surface area contributed by atoms with Crippen LogP contribution in [0.15, 0.2) is 53.4 Å². The predicted octanol–water partition coefficient (Wildman–Crippen LogP) is 6.07. The summed E-state index contributed by atoms with van der Waals surface area (Å²) in [6.45, 7) is 1.82. The first-order chi connectivity index (χ1) is 14.4. The number of nitrogens with one attached hydrogen (secondary N) is 2. The number of fused-ring (bicyclic) bond motifs is 1. The Kier molecular flexibility index (Phi) is 6.13. The first-order valence-electron chi connectivity index (χ1n) is 9.32. The van der Waals surface area contributed by atoms with Crippen LogP contribution in [-0.2, 0) is 0 Å². The maximum Gasteiger partial charge on any atom is 0.262 e. The van der Waals surface area contributed by atoms with E-state index in [1.54, 1.807) is 36.4 Å². The molecule has 1 aliphatic heterocycles. The molecule has 2 N–H and O–H groups in total. The van der Waals surface area contributed by atoms with E-state index in [1.807, 2.05) is 13.0 Å². The van der Waals surface area contributed by atoms with Crippen molar-refractivity contribution in [1.29, 1.82) is 0 Å². The van der Waals surface area contributed by atoms with E-state index in [1.165, 1.54) is 29.2 Å². The molecule has 4 rings (SSSR count). The molecule has 30 heavy (non-hydrogen) atoms. The molecule has 8 heteroatoms. The number of aryl methyl sites for hydroxylation is 1. The highest BCUT2D eigenvalue weighted by Gasteiger charge is 2.26. The molecule has 0 saturated carbocycles. The van der Waals surface area contributed by atoms with Crippen LogP contribution in [0.3, 0.4) is 0 Å². The number of carbonyl (C=O) groups excluding carboxylic acids is 2. The molecule has 0 bridgehead atoms. The van der Waals surface area contributed by atoms with Crippen molar-refractivity contribution in [2.75, 3.05) is 11.1 Å². The Bertz CT molecular complexity index is 1130. The second-order valence-corrected chi connectivity index (χ2v) is 9.44. The number of halogens is 2. The maximum atomic E-state index is 14.1. The Morgan fingerprint density at radius 1 is 1.13 bits per heavy atom. The first-order valence-corrected chi connectivity index (χ1v) is 11.5. The lowest BCUT2D eigenvalue weighted by atomic mass is 10.0. The summed E-state index contributed by atoms with van der Waals surface area (Å²) in [7, 11) is 0. The first kappa shape index (κ1) is 20.9. The second kappa shape index (κ2) is 8.79. The Labute approximate surface area is 186 Å². The third-order valence-electron chi connectivity index (χ3n) is 4.81. The molecule has 1 unspecified atom stereocenters. The minimum absolute atomic E-state index is 0.233. The molecule has 4 nitrogen and oxygen atoms in total. The number of rotatable bonds is 4. The molecule has 0 radical (unpaired) electrons. The summed E-state index contributed by atoms with van der Waals surface area (Å²) in [5.74, 6) is -0.0831. The molecule has 0 aliphatic carbocycles. The molecule has 2 aromatic carbocycles. The van der Waals surface area contributed by atoms with Gasteiger partial charge in [0.1, 0.15) is 5.82 Å². The van der Waals surface area contributed by atoms with Crippen molar-refractivity contribution in [2.24, 2.45) is 0 Å². The van der Waals surface area contributed by atoms with Crippen molar-refractivity contribution < 1.29 is 14.0 Å². The number of amides is 2. The lowest BCUT2D eigenvalue weighted by molar-refractivity contribution is 0.0937. The minimum atomic E-state index is -0.331. The summed E-state index contributed by atoms with van der Waals surface area (Å²) >= 11 is 8.76. The highest BCUT2D eigenvalue weighted by atomic mass is 35.5. The van der Waals surface area contributed by atoms with Gasteiger partial charge in [0, 0.05) is 10.6 Å². The van der Waals surface area contributed by atoms with E-state index in [9.17, 15) is 14.0 Å². The van der Waals surface area contributed by atoms with Crippen molar-refractivity contribution in [3.63, 3.8) is 0 Å². The predicted molar refractivity (Wildman–Crippen MR) is 120 cm³/mol. The van der Waals surface area contributed by atoms with Gasteiger partial charge in [0.2, 0.25) is 0 Å². The van der Waals surface area contributed by atoms with Crippen LogP contribution in [-0.4, -0.2) is 17.6 Å². The van der Waals surface area contributed by atoms with Crippen LogP contribution in [0.5, 0.6) is 0 Å². The average molecular weight is 461 g/mol. The second-order valence-electron chi connectivity index (χ2n) is 6.88. The smallest absolute Gasteiger partial charge is 0.262 e. The number of benzene rings is 2. The fourth-order valence-electron chi connectivity index (χ4n) is 3.35. The molecule has 1 aliphatic rings. The summed E-state index contributed by atoms with van der Waals surface area (Å²) in [4.78, 5) is 26.5. The quantitative estimate of drug-likeness (QED) is 0.497. The van der Waals surface area contributed by atoms with Crippen LogP contribution >= 0.6 is 34.7 Å². The summed E-state index contributed by atoms with van der Waals surface area (Å²) in [5, 5.41) is 6.76. The average Bonchev–Trinajstić information content (AvgIpc) is 3.09. The van der Waals surface area contributed by atoms with Crippen LogP contribution in [0.2, 0.25) is 5.02 Å². The number of thioether (sulfide) groups is 1. The van der Waals surface area contributed by atoms with E-state index in [4.69, 9.17) is 11.6 Å². The molecule has 2 amide bonds. The molecule has 154 valence electrons. The lowest BCUT2D eigenvalue weighted by Crippen LogP contribution is -2.30. The van der Waals surface area contributed by atoms with Crippen LogP contribution < -0.4 is 10.6 Å². The maximum absolute atomic E-state index is 14.1. The highest BCUT2D eigenvalue weighted by Crippen LogP contribution is 2.38. The summed E-state index contributed by atoms with van der Waals surface area (Å²) in [6, 6.07) is 13.3. The number of hydrogen-bond donors (Lipinski definition) is 2.